The molecule has 4 aromatic rings. The lowest BCUT2D eigenvalue weighted by molar-refractivity contribution is -0.154. The number of ether oxygens (including phenoxy) is 1. The summed E-state index contributed by atoms with van der Waals surface area (Å²) in [6.07, 6.45) is -3.76. The zero-order chi connectivity index (χ0) is 28.1. The van der Waals surface area contributed by atoms with Crippen LogP contribution in [0.3, 0.4) is 0 Å². The van der Waals surface area contributed by atoms with Crippen LogP contribution in [0.25, 0.3) is 34.3 Å². The zero-order valence-corrected chi connectivity index (χ0v) is 20.8. The van der Waals surface area contributed by atoms with Gasteiger partial charge in [-0.05, 0) is 18.9 Å². The van der Waals surface area contributed by atoms with E-state index in [1.165, 1.54) is 12.1 Å². The van der Waals surface area contributed by atoms with Gasteiger partial charge >= 0.3 is 12.1 Å². The van der Waals surface area contributed by atoms with Crippen molar-refractivity contribution in [1.82, 2.24) is 20.6 Å². The molecule has 10 nitrogen and oxygen atoms in total. The van der Waals surface area contributed by atoms with Crippen molar-refractivity contribution in [2.45, 2.75) is 37.6 Å². The van der Waals surface area contributed by atoms with Gasteiger partial charge in [-0.1, -0.05) is 59.2 Å². The van der Waals surface area contributed by atoms with Crippen LogP contribution in [0.4, 0.5) is 13.2 Å². The molecule has 3 N–H and O–H groups in total. The van der Waals surface area contributed by atoms with Gasteiger partial charge in [0, 0.05) is 23.2 Å². The van der Waals surface area contributed by atoms with E-state index in [1.807, 2.05) is 0 Å². The monoisotopic (exact) mass is 556 g/mol. The number of fused-ring (bicyclic) bond motifs is 1. The van der Waals surface area contributed by atoms with E-state index >= 15 is 0 Å². The molecule has 1 saturated carbocycles. The number of alkyl halides is 3. The van der Waals surface area contributed by atoms with Gasteiger partial charge in [0.1, 0.15) is 29.7 Å². The molecule has 1 fully saturated rings. The molecule has 0 bridgehead atoms. The number of aromatic nitrogens is 3. The molecule has 0 spiro atoms. The number of carbonyl (C=O) groups is 1. The fraction of sp³-hybridized carbons (Fsp3) is 0.333. The Bertz CT molecular complexity index is 1550. The molecule has 2 aliphatic rings. The van der Waals surface area contributed by atoms with Crippen LogP contribution in [0, 0.1) is 5.41 Å². The first-order chi connectivity index (χ1) is 19.2. The van der Waals surface area contributed by atoms with Crippen molar-refractivity contribution in [3.63, 3.8) is 0 Å². The Morgan fingerprint density at radius 1 is 1.07 bits per heavy atom. The lowest BCUT2D eigenvalue weighted by atomic mass is 9.68. The van der Waals surface area contributed by atoms with Gasteiger partial charge in [0.05, 0.1) is 11.5 Å². The number of aliphatic hydroxyl groups excluding tert-OH is 1. The van der Waals surface area contributed by atoms with E-state index < -0.39 is 52.6 Å². The fourth-order valence-corrected chi connectivity index (χ4v) is 5.02. The molecular formula is C27H23F3N4O6. The molecule has 13 heteroatoms. The Labute approximate surface area is 224 Å². The highest BCUT2D eigenvalue weighted by Crippen LogP contribution is 2.44. The molecule has 0 radical (unpaired) electrons. The van der Waals surface area contributed by atoms with Gasteiger partial charge in [0.25, 0.3) is 5.89 Å². The zero-order valence-electron chi connectivity index (χ0n) is 20.8. The summed E-state index contributed by atoms with van der Waals surface area (Å²) in [5.74, 6) is -1.73. The Morgan fingerprint density at radius 2 is 1.85 bits per heavy atom. The van der Waals surface area contributed by atoms with Crippen molar-refractivity contribution in [3.8, 4) is 40.0 Å². The summed E-state index contributed by atoms with van der Waals surface area (Å²) < 4.78 is 58.0. The third-order valence-corrected chi connectivity index (χ3v) is 7.50. The minimum atomic E-state index is -4.81. The van der Waals surface area contributed by atoms with Crippen molar-refractivity contribution in [2.75, 3.05) is 13.2 Å². The number of carboxylic acid groups (broad SMARTS) is 1. The van der Waals surface area contributed by atoms with Crippen LogP contribution in [0.2, 0.25) is 0 Å². The highest BCUT2D eigenvalue weighted by molar-refractivity contribution is 5.76. The van der Waals surface area contributed by atoms with Gasteiger partial charge < -0.3 is 29.3 Å². The molecule has 2 aromatic carbocycles. The molecule has 3 heterocycles. The number of nitrogens with one attached hydrogen (secondary N) is 1. The quantitative estimate of drug-likeness (QED) is 0.293. The van der Waals surface area contributed by atoms with Gasteiger partial charge in [0.15, 0.2) is 0 Å². The van der Waals surface area contributed by atoms with Gasteiger partial charge in [-0.15, -0.1) is 0 Å². The number of hydrogen-bond acceptors (Lipinski definition) is 9. The summed E-state index contributed by atoms with van der Waals surface area (Å²) in [6.45, 7) is 0.306. The SMILES string of the molecule is O=C(O)C1(CN[C@@H]2COc3cc(-c4noc(-c5onc(-c6ccccc6)c5C(F)(F)F)n4)ccc3[C@H]2O)CCC1. The van der Waals surface area contributed by atoms with Gasteiger partial charge in [-0.3, -0.25) is 4.79 Å². The van der Waals surface area contributed by atoms with E-state index in [0.29, 0.717) is 29.7 Å². The average molecular weight is 556 g/mol. The van der Waals surface area contributed by atoms with Crippen LogP contribution in [0.1, 0.15) is 36.5 Å². The Hall–Kier alpha value is -4.23. The molecule has 1 aliphatic carbocycles. The third kappa shape index (κ3) is 4.50. The highest BCUT2D eigenvalue weighted by Gasteiger charge is 2.45. The lowest BCUT2D eigenvalue weighted by Crippen LogP contribution is -2.52. The maximum absolute atomic E-state index is 14.0. The first-order valence-corrected chi connectivity index (χ1v) is 12.5. The molecule has 208 valence electrons. The number of halogens is 3. The van der Waals surface area contributed by atoms with Gasteiger partial charge in [-0.2, -0.15) is 18.2 Å². The van der Waals surface area contributed by atoms with E-state index in [9.17, 15) is 28.2 Å². The van der Waals surface area contributed by atoms with Crippen LogP contribution < -0.4 is 10.1 Å². The summed E-state index contributed by atoms with van der Waals surface area (Å²) in [7, 11) is 0. The number of aliphatic carboxylic acids is 1. The second kappa shape index (κ2) is 9.75. The molecule has 0 saturated heterocycles. The molecule has 6 rings (SSSR count). The minimum absolute atomic E-state index is 0.0182. The third-order valence-electron chi connectivity index (χ3n) is 7.50. The predicted molar refractivity (Wildman–Crippen MR) is 132 cm³/mol. The number of nitrogens with zero attached hydrogens (tertiary/aromatic N) is 3. The Kier molecular flexibility index (Phi) is 6.34. The summed E-state index contributed by atoms with van der Waals surface area (Å²) in [5, 5.41) is 31.0. The van der Waals surface area contributed by atoms with Crippen LogP contribution in [-0.2, 0) is 11.0 Å². The first-order valence-electron chi connectivity index (χ1n) is 12.5. The highest BCUT2D eigenvalue weighted by atomic mass is 19.4. The largest absolute Gasteiger partial charge is 0.491 e. The topological polar surface area (TPSA) is 144 Å². The summed E-state index contributed by atoms with van der Waals surface area (Å²) in [6, 6.07) is 12.0. The van der Waals surface area contributed by atoms with E-state index in [0.717, 1.165) is 6.42 Å². The van der Waals surface area contributed by atoms with Crippen molar-refractivity contribution >= 4 is 5.97 Å². The number of rotatable bonds is 7. The number of hydrogen-bond donors (Lipinski definition) is 3. The maximum Gasteiger partial charge on any atom is 0.422 e. The van der Waals surface area contributed by atoms with E-state index in [-0.39, 0.29) is 24.5 Å². The Balaban J connectivity index is 1.23. The van der Waals surface area contributed by atoms with E-state index in [2.05, 4.69) is 20.6 Å². The number of carboxylic acids is 1. The molecular weight excluding hydrogens is 533 g/mol. The van der Waals surface area contributed by atoms with Crippen LogP contribution in [0.5, 0.6) is 5.75 Å². The molecule has 0 amide bonds. The molecule has 40 heavy (non-hydrogen) atoms. The van der Waals surface area contributed by atoms with Gasteiger partial charge in [0.2, 0.25) is 11.6 Å². The summed E-state index contributed by atoms with van der Waals surface area (Å²) in [4.78, 5) is 15.7. The molecule has 2 aromatic heterocycles. The van der Waals surface area contributed by atoms with Crippen molar-refractivity contribution in [1.29, 1.82) is 0 Å². The lowest BCUT2D eigenvalue weighted by Gasteiger charge is -2.40. The maximum atomic E-state index is 14.0. The second-order valence-corrected chi connectivity index (χ2v) is 9.96. The smallest absolute Gasteiger partial charge is 0.422 e. The van der Waals surface area contributed by atoms with Gasteiger partial charge in [-0.25, -0.2) is 0 Å². The van der Waals surface area contributed by atoms with E-state index in [1.54, 1.807) is 36.4 Å². The summed E-state index contributed by atoms with van der Waals surface area (Å²) in [5.41, 5.74) is -1.28. The normalized spacial score (nSPS) is 19.9. The fourth-order valence-electron chi connectivity index (χ4n) is 5.02. The molecule has 0 unspecified atom stereocenters. The van der Waals surface area contributed by atoms with Crippen molar-refractivity contribution < 1.29 is 42.0 Å². The minimum Gasteiger partial charge on any atom is -0.491 e. The average Bonchev–Trinajstić information content (AvgIpc) is 3.57. The first kappa shape index (κ1) is 26.0. The van der Waals surface area contributed by atoms with Crippen molar-refractivity contribution in [3.05, 3.63) is 59.7 Å². The van der Waals surface area contributed by atoms with Crippen LogP contribution >= 0.6 is 0 Å². The summed E-state index contributed by atoms with van der Waals surface area (Å²) >= 11 is 0. The predicted octanol–water partition coefficient (Wildman–Crippen LogP) is 4.72. The second-order valence-electron chi connectivity index (χ2n) is 9.96. The number of benzene rings is 2. The number of aliphatic hydroxyl groups is 1. The molecule has 1 aliphatic heterocycles. The standard InChI is InChI=1S/C27H23F3N4O6/c28-27(29,30)19-20(14-5-2-1-3-6-14)33-39-22(19)24-32-23(34-40-24)15-7-8-16-18(11-15)38-12-17(21(16)35)31-13-26(25(36)37)9-4-10-26/h1-3,5-8,11,17,21,31,35H,4,9-10,12-13H2,(H,36,37)/t17-,21-/m1/s1. The van der Waals surface area contributed by atoms with Crippen LogP contribution in [0.15, 0.2) is 57.6 Å². The van der Waals surface area contributed by atoms with E-state index in [4.69, 9.17) is 13.8 Å². The molecule has 2 atom stereocenters. The van der Waals surface area contributed by atoms with Crippen LogP contribution in [-0.4, -0.2) is 50.7 Å². The van der Waals surface area contributed by atoms with Crippen molar-refractivity contribution in [2.24, 2.45) is 5.41 Å². The Morgan fingerprint density at radius 3 is 2.52 bits per heavy atom.